The summed E-state index contributed by atoms with van der Waals surface area (Å²) in [5.41, 5.74) is 1.47. The minimum Gasteiger partial charge on any atom is -0.297 e. The Morgan fingerprint density at radius 2 is 1.50 bits per heavy atom. The van der Waals surface area contributed by atoms with E-state index in [1.165, 1.54) is 50.5 Å². The van der Waals surface area contributed by atoms with Gasteiger partial charge in [0.15, 0.2) is 0 Å². The SMILES string of the molecule is CC=C(C=CC=NC)CC(C(CC)CCC)C(CC)CCC. The molecule has 0 aliphatic heterocycles. The summed E-state index contributed by atoms with van der Waals surface area (Å²) in [7, 11) is 1.82. The van der Waals surface area contributed by atoms with Gasteiger partial charge in [-0.1, -0.05) is 83.9 Å². The van der Waals surface area contributed by atoms with E-state index < -0.39 is 0 Å². The summed E-state index contributed by atoms with van der Waals surface area (Å²) in [5.74, 6) is 2.55. The summed E-state index contributed by atoms with van der Waals surface area (Å²) in [4.78, 5) is 4.04. The lowest BCUT2D eigenvalue weighted by Crippen LogP contribution is -2.24. The van der Waals surface area contributed by atoms with Crippen LogP contribution in [0, 0.1) is 17.8 Å². The molecule has 22 heavy (non-hydrogen) atoms. The van der Waals surface area contributed by atoms with Crippen molar-refractivity contribution in [2.75, 3.05) is 7.05 Å². The van der Waals surface area contributed by atoms with Gasteiger partial charge < -0.3 is 0 Å². The van der Waals surface area contributed by atoms with Crippen LogP contribution < -0.4 is 0 Å². The lowest BCUT2D eigenvalue weighted by atomic mass is 9.72. The lowest BCUT2D eigenvalue weighted by Gasteiger charge is -2.33. The van der Waals surface area contributed by atoms with Crippen molar-refractivity contribution in [1.82, 2.24) is 0 Å². The second-order valence-electron chi connectivity index (χ2n) is 6.41. The van der Waals surface area contributed by atoms with Gasteiger partial charge in [0.2, 0.25) is 0 Å². The molecule has 2 unspecified atom stereocenters. The molecule has 0 aromatic heterocycles. The van der Waals surface area contributed by atoms with Gasteiger partial charge >= 0.3 is 0 Å². The van der Waals surface area contributed by atoms with Crippen LogP contribution in [0.3, 0.4) is 0 Å². The minimum absolute atomic E-state index is 0.823. The van der Waals surface area contributed by atoms with Crippen molar-refractivity contribution in [3.05, 3.63) is 23.8 Å². The maximum atomic E-state index is 4.04. The molecule has 0 fully saturated rings. The average Bonchev–Trinajstić information content (AvgIpc) is 2.54. The number of rotatable bonds is 12. The highest BCUT2D eigenvalue weighted by molar-refractivity contribution is 5.71. The van der Waals surface area contributed by atoms with Crippen molar-refractivity contribution in [3.8, 4) is 0 Å². The molecule has 0 aliphatic rings. The first-order chi connectivity index (χ1) is 10.7. The molecule has 2 atom stereocenters. The summed E-state index contributed by atoms with van der Waals surface area (Å²) in [5, 5.41) is 0. The Labute approximate surface area is 140 Å². The molecular weight excluding hydrogens is 266 g/mol. The highest BCUT2D eigenvalue weighted by atomic mass is 14.6. The average molecular weight is 306 g/mol. The number of nitrogens with zero attached hydrogens (tertiary/aromatic N) is 1. The Balaban J connectivity index is 5.18. The maximum absolute atomic E-state index is 4.04. The van der Waals surface area contributed by atoms with Crippen LogP contribution in [0.4, 0.5) is 0 Å². The number of hydrogen-bond donors (Lipinski definition) is 0. The third-order valence-corrected chi connectivity index (χ3v) is 4.97. The van der Waals surface area contributed by atoms with Crippen molar-refractivity contribution in [1.29, 1.82) is 0 Å². The Bertz CT molecular complexity index is 324. The largest absolute Gasteiger partial charge is 0.297 e. The van der Waals surface area contributed by atoms with Gasteiger partial charge in [-0.15, -0.1) is 0 Å². The van der Waals surface area contributed by atoms with Crippen molar-refractivity contribution in [3.63, 3.8) is 0 Å². The topological polar surface area (TPSA) is 12.4 Å². The smallest absolute Gasteiger partial charge is 0.0277 e. The predicted octanol–water partition coefficient (Wildman–Crippen LogP) is 6.85. The van der Waals surface area contributed by atoms with E-state index >= 15 is 0 Å². The first-order valence-electron chi connectivity index (χ1n) is 9.42. The van der Waals surface area contributed by atoms with E-state index in [4.69, 9.17) is 0 Å². The summed E-state index contributed by atoms with van der Waals surface area (Å²) in [6.45, 7) is 11.6. The first-order valence-corrected chi connectivity index (χ1v) is 9.42. The molecule has 0 saturated heterocycles. The van der Waals surface area contributed by atoms with Gasteiger partial charge in [0.05, 0.1) is 0 Å². The third kappa shape index (κ3) is 7.96. The lowest BCUT2D eigenvalue weighted by molar-refractivity contribution is 0.190. The van der Waals surface area contributed by atoms with Gasteiger partial charge in [-0.25, -0.2) is 0 Å². The normalized spacial score (nSPS) is 17.3. The third-order valence-electron chi connectivity index (χ3n) is 4.97. The quantitative estimate of drug-likeness (QED) is 0.276. The summed E-state index contributed by atoms with van der Waals surface area (Å²) >= 11 is 0. The van der Waals surface area contributed by atoms with E-state index in [1.54, 1.807) is 0 Å². The fraction of sp³-hybridized carbons (Fsp3) is 0.762. The Kier molecular flexibility index (Phi) is 13.3. The molecule has 0 saturated carbocycles. The molecule has 0 bridgehead atoms. The van der Waals surface area contributed by atoms with Gasteiger partial charge in [0, 0.05) is 13.3 Å². The standard InChI is InChI=1S/C21H39N/c1-7-13-19(10-4)21(20(11-5)14-8-2)17-18(9-3)15-12-16-22-6/h9,12,15-16,19-21H,7-8,10-11,13-14,17H2,1-6H3. The zero-order valence-corrected chi connectivity index (χ0v) is 15.9. The van der Waals surface area contributed by atoms with Crippen LogP contribution in [0.1, 0.15) is 79.6 Å². The number of hydrogen-bond acceptors (Lipinski definition) is 1. The molecule has 0 aliphatic carbocycles. The summed E-state index contributed by atoms with van der Waals surface area (Å²) in [6, 6.07) is 0. The number of aliphatic imine (C=N–C) groups is 1. The molecule has 128 valence electrons. The first kappa shape index (κ1) is 21.1. The van der Waals surface area contributed by atoms with Crippen LogP contribution in [0.15, 0.2) is 28.8 Å². The van der Waals surface area contributed by atoms with Crippen LogP contribution in [0.25, 0.3) is 0 Å². The molecule has 0 amide bonds. The predicted molar refractivity (Wildman–Crippen MR) is 103 cm³/mol. The second-order valence-corrected chi connectivity index (χ2v) is 6.41. The van der Waals surface area contributed by atoms with Crippen molar-refractivity contribution < 1.29 is 0 Å². The van der Waals surface area contributed by atoms with Gasteiger partial charge in [0.1, 0.15) is 0 Å². The molecule has 0 N–H and O–H groups in total. The van der Waals surface area contributed by atoms with E-state index in [0.29, 0.717) is 0 Å². The van der Waals surface area contributed by atoms with Crippen LogP contribution in [0.2, 0.25) is 0 Å². The van der Waals surface area contributed by atoms with Gasteiger partial charge in [0.25, 0.3) is 0 Å². The fourth-order valence-corrected chi connectivity index (χ4v) is 3.71. The molecule has 0 heterocycles. The van der Waals surface area contributed by atoms with Crippen LogP contribution >= 0.6 is 0 Å². The van der Waals surface area contributed by atoms with Crippen LogP contribution in [-0.4, -0.2) is 13.3 Å². The van der Waals surface area contributed by atoms with Gasteiger partial charge in [-0.3, -0.25) is 4.99 Å². The molecular formula is C21H39N. The highest BCUT2D eigenvalue weighted by Gasteiger charge is 2.26. The highest BCUT2D eigenvalue weighted by Crippen LogP contribution is 2.37. The molecule has 0 rings (SSSR count). The number of allylic oxidation sites excluding steroid dienone is 4. The summed E-state index contributed by atoms with van der Waals surface area (Å²) in [6.07, 6.45) is 17.7. The Morgan fingerprint density at radius 1 is 0.955 bits per heavy atom. The van der Waals surface area contributed by atoms with E-state index in [-0.39, 0.29) is 0 Å². The second kappa shape index (κ2) is 13.8. The monoisotopic (exact) mass is 305 g/mol. The van der Waals surface area contributed by atoms with Crippen molar-refractivity contribution >= 4 is 6.21 Å². The van der Waals surface area contributed by atoms with Crippen molar-refractivity contribution in [2.45, 2.75) is 79.6 Å². The van der Waals surface area contributed by atoms with Crippen LogP contribution in [0.5, 0.6) is 0 Å². The maximum Gasteiger partial charge on any atom is 0.0277 e. The Morgan fingerprint density at radius 3 is 1.86 bits per heavy atom. The van der Waals surface area contributed by atoms with E-state index in [0.717, 1.165) is 17.8 Å². The van der Waals surface area contributed by atoms with Crippen LogP contribution in [-0.2, 0) is 0 Å². The zero-order chi connectivity index (χ0) is 16.8. The van der Waals surface area contributed by atoms with E-state index in [9.17, 15) is 0 Å². The van der Waals surface area contributed by atoms with Crippen molar-refractivity contribution in [2.24, 2.45) is 22.7 Å². The molecule has 0 spiro atoms. The molecule has 1 heteroatoms. The summed E-state index contributed by atoms with van der Waals surface area (Å²) < 4.78 is 0. The molecule has 0 aromatic carbocycles. The van der Waals surface area contributed by atoms with Gasteiger partial charge in [-0.05, 0) is 37.2 Å². The molecule has 0 radical (unpaired) electrons. The van der Waals surface area contributed by atoms with E-state index in [1.807, 2.05) is 13.3 Å². The molecule has 0 aromatic rings. The van der Waals surface area contributed by atoms with E-state index in [2.05, 4.69) is 57.8 Å². The minimum atomic E-state index is 0.823. The molecule has 1 nitrogen and oxygen atoms in total. The fourth-order valence-electron chi connectivity index (χ4n) is 3.71. The van der Waals surface area contributed by atoms with Gasteiger partial charge in [-0.2, -0.15) is 0 Å². The zero-order valence-electron chi connectivity index (χ0n) is 15.9. The Hall–Kier alpha value is -0.850.